The van der Waals surface area contributed by atoms with E-state index in [1.807, 2.05) is 0 Å². The summed E-state index contributed by atoms with van der Waals surface area (Å²) in [5.41, 5.74) is 8.80. The zero-order valence-electron chi connectivity index (χ0n) is 15.2. The van der Waals surface area contributed by atoms with E-state index in [0.717, 1.165) is 24.8 Å². The van der Waals surface area contributed by atoms with Crippen molar-refractivity contribution in [2.75, 3.05) is 5.73 Å². The third-order valence-electron chi connectivity index (χ3n) is 4.37. The van der Waals surface area contributed by atoms with Crippen LogP contribution in [0.3, 0.4) is 0 Å². The number of aryl methyl sites for hydroxylation is 1. The van der Waals surface area contributed by atoms with E-state index in [0.29, 0.717) is 44.8 Å². The number of rotatable bonds is 5. The molecule has 0 bridgehead atoms. The smallest absolute Gasteiger partial charge is 0.275 e. The molecule has 4 aromatic rings. The Hall–Kier alpha value is -3.26. The Balaban J connectivity index is 1.80. The van der Waals surface area contributed by atoms with Gasteiger partial charge in [-0.05, 0) is 30.7 Å². The molecule has 0 radical (unpaired) electrons. The van der Waals surface area contributed by atoms with Crippen molar-refractivity contribution < 1.29 is 0 Å². The Morgan fingerprint density at radius 3 is 2.89 bits per heavy atom. The molecule has 4 N–H and O–H groups in total. The van der Waals surface area contributed by atoms with Crippen molar-refractivity contribution in [3.63, 3.8) is 0 Å². The van der Waals surface area contributed by atoms with Gasteiger partial charge in [0.1, 0.15) is 23.0 Å². The maximum atomic E-state index is 12.4. The fourth-order valence-corrected chi connectivity index (χ4v) is 3.07. The van der Waals surface area contributed by atoms with Crippen molar-refractivity contribution in [3.8, 4) is 22.8 Å². The van der Waals surface area contributed by atoms with Crippen LogP contribution in [0.1, 0.15) is 25.6 Å². The molecular weight excluding hydrogens is 378 g/mol. The predicted molar refractivity (Wildman–Crippen MR) is 109 cm³/mol. The minimum atomic E-state index is -0.368. The number of hydrogen-bond acceptors (Lipinski definition) is 6. The van der Waals surface area contributed by atoms with Gasteiger partial charge in [0.05, 0.1) is 28.5 Å². The first-order chi connectivity index (χ1) is 13.5. The Morgan fingerprint density at radius 2 is 2.07 bits per heavy atom. The minimum absolute atomic E-state index is 0.338. The zero-order chi connectivity index (χ0) is 19.7. The van der Waals surface area contributed by atoms with Crippen molar-refractivity contribution in [3.05, 3.63) is 51.7 Å². The summed E-state index contributed by atoms with van der Waals surface area (Å²) < 4.78 is 0. The Kier molecular flexibility index (Phi) is 4.79. The summed E-state index contributed by atoms with van der Waals surface area (Å²) in [5.74, 6) is 1.11. The Bertz CT molecular complexity index is 1210. The van der Waals surface area contributed by atoms with Gasteiger partial charge in [0, 0.05) is 11.4 Å². The predicted octanol–water partition coefficient (Wildman–Crippen LogP) is 3.35. The summed E-state index contributed by atoms with van der Waals surface area (Å²) in [6, 6.07) is 6.92. The molecule has 9 heteroatoms. The molecule has 4 rings (SSSR count). The van der Waals surface area contributed by atoms with Crippen molar-refractivity contribution in [2.24, 2.45) is 0 Å². The summed E-state index contributed by atoms with van der Waals surface area (Å²) in [6.07, 6.45) is 4.35. The second kappa shape index (κ2) is 7.40. The molecule has 0 spiro atoms. The molecule has 0 aliphatic rings. The van der Waals surface area contributed by atoms with Gasteiger partial charge < -0.3 is 10.7 Å². The maximum absolute atomic E-state index is 12.4. The van der Waals surface area contributed by atoms with E-state index in [9.17, 15) is 4.79 Å². The highest BCUT2D eigenvalue weighted by molar-refractivity contribution is 6.31. The van der Waals surface area contributed by atoms with Crippen LogP contribution in [0.2, 0.25) is 5.02 Å². The fraction of sp³-hybridized carbons (Fsp3) is 0.211. The number of nitrogens with one attached hydrogen (secondary N) is 2. The van der Waals surface area contributed by atoms with Crippen LogP contribution in [-0.4, -0.2) is 30.1 Å². The largest absolute Gasteiger partial charge is 0.396 e. The molecule has 142 valence electrons. The van der Waals surface area contributed by atoms with Crippen LogP contribution in [0.25, 0.3) is 33.8 Å². The maximum Gasteiger partial charge on any atom is 0.275 e. The molecule has 0 saturated heterocycles. The topological polar surface area (TPSA) is 126 Å². The molecular formula is C19H18ClN7O. The minimum Gasteiger partial charge on any atom is -0.396 e. The number of unbranched alkanes of at least 4 members (excludes halogenated alkanes) is 1. The molecule has 0 unspecified atom stereocenters. The number of H-pyrrole nitrogens is 2. The van der Waals surface area contributed by atoms with Crippen LogP contribution in [0.15, 0.2) is 35.3 Å². The van der Waals surface area contributed by atoms with E-state index in [2.05, 4.69) is 37.1 Å². The number of imidazole rings is 1. The van der Waals surface area contributed by atoms with E-state index in [1.54, 1.807) is 30.5 Å². The molecule has 0 aliphatic carbocycles. The third-order valence-corrected chi connectivity index (χ3v) is 4.60. The highest BCUT2D eigenvalue weighted by Gasteiger charge is 2.15. The number of benzene rings is 1. The number of anilines is 1. The molecule has 0 atom stereocenters. The van der Waals surface area contributed by atoms with Crippen LogP contribution in [0.5, 0.6) is 0 Å². The molecule has 8 nitrogen and oxygen atoms in total. The van der Waals surface area contributed by atoms with Gasteiger partial charge in [0.15, 0.2) is 0 Å². The summed E-state index contributed by atoms with van der Waals surface area (Å²) in [7, 11) is 0. The van der Waals surface area contributed by atoms with Crippen molar-refractivity contribution in [1.82, 2.24) is 30.1 Å². The van der Waals surface area contributed by atoms with Crippen LogP contribution in [-0.2, 0) is 6.42 Å². The van der Waals surface area contributed by atoms with Gasteiger partial charge in [-0.3, -0.25) is 4.79 Å². The number of nitrogen functional groups attached to an aromatic ring is 1. The zero-order valence-corrected chi connectivity index (χ0v) is 15.9. The lowest BCUT2D eigenvalue weighted by Gasteiger charge is -2.07. The average Bonchev–Trinajstić information content (AvgIpc) is 3.10. The molecule has 0 aliphatic heterocycles. The molecule has 0 saturated carbocycles. The third kappa shape index (κ3) is 3.46. The van der Waals surface area contributed by atoms with Gasteiger partial charge in [0.25, 0.3) is 5.56 Å². The molecule has 0 amide bonds. The van der Waals surface area contributed by atoms with Gasteiger partial charge in [0.2, 0.25) is 0 Å². The first-order valence-corrected chi connectivity index (χ1v) is 9.30. The summed E-state index contributed by atoms with van der Waals surface area (Å²) >= 11 is 6.03. The number of aromatic amines is 2. The van der Waals surface area contributed by atoms with E-state index in [1.165, 1.54) is 0 Å². The number of nitrogens with zero attached hydrogens (tertiary/aromatic N) is 4. The SMILES string of the molecule is CCCCc1ncc(N)c(-c2cc(-c3nc4ccc(Cl)cc4[nH]3)c(=O)[nH]n2)n1. The van der Waals surface area contributed by atoms with Crippen LogP contribution in [0.4, 0.5) is 5.69 Å². The van der Waals surface area contributed by atoms with Crippen LogP contribution >= 0.6 is 11.6 Å². The highest BCUT2D eigenvalue weighted by Crippen LogP contribution is 2.25. The van der Waals surface area contributed by atoms with Gasteiger partial charge in [-0.15, -0.1) is 0 Å². The first kappa shape index (κ1) is 18.1. The summed E-state index contributed by atoms with van der Waals surface area (Å²) in [4.78, 5) is 28.8. The van der Waals surface area contributed by atoms with Crippen molar-refractivity contribution in [1.29, 1.82) is 0 Å². The number of nitrogens with two attached hydrogens (primary N) is 1. The Morgan fingerprint density at radius 1 is 1.21 bits per heavy atom. The van der Waals surface area contributed by atoms with E-state index in [-0.39, 0.29) is 5.56 Å². The van der Waals surface area contributed by atoms with Gasteiger partial charge in [-0.2, -0.15) is 5.10 Å². The van der Waals surface area contributed by atoms with Crippen LogP contribution in [0, 0.1) is 0 Å². The summed E-state index contributed by atoms with van der Waals surface area (Å²) in [5, 5.41) is 7.20. The van der Waals surface area contributed by atoms with Crippen molar-refractivity contribution in [2.45, 2.75) is 26.2 Å². The number of halogens is 1. The van der Waals surface area contributed by atoms with E-state index < -0.39 is 0 Å². The van der Waals surface area contributed by atoms with Gasteiger partial charge in [-0.1, -0.05) is 24.9 Å². The lowest BCUT2D eigenvalue weighted by atomic mass is 10.1. The normalized spacial score (nSPS) is 11.2. The standard InChI is InChI=1S/C19H18ClN7O/c1-2-3-4-16-22-9-12(21)17(25-16)15-8-11(19(28)27-26-15)18-23-13-6-5-10(20)7-14(13)24-18/h5-9H,2-4,21H2,1H3,(H,23,24)(H,27,28). The van der Waals surface area contributed by atoms with E-state index in [4.69, 9.17) is 17.3 Å². The lowest BCUT2D eigenvalue weighted by molar-refractivity contribution is 0.753. The molecule has 0 fully saturated rings. The number of fused-ring (bicyclic) bond motifs is 1. The fourth-order valence-electron chi connectivity index (χ4n) is 2.90. The number of hydrogen-bond donors (Lipinski definition) is 3. The first-order valence-electron chi connectivity index (χ1n) is 8.92. The van der Waals surface area contributed by atoms with Gasteiger partial charge >= 0.3 is 0 Å². The average molecular weight is 396 g/mol. The molecule has 3 heterocycles. The highest BCUT2D eigenvalue weighted by atomic mass is 35.5. The molecule has 28 heavy (non-hydrogen) atoms. The lowest BCUT2D eigenvalue weighted by Crippen LogP contribution is -2.13. The monoisotopic (exact) mass is 395 g/mol. The molecule has 3 aromatic heterocycles. The van der Waals surface area contributed by atoms with E-state index >= 15 is 0 Å². The van der Waals surface area contributed by atoms with Gasteiger partial charge in [-0.25, -0.2) is 20.1 Å². The quantitative estimate of drug-likeness (QED) is 0.475. The summed E-state index contributed by atoms with van der Waals surface area (Å²) in [6.45, 7) is 2.11. The number of aromatic nitrogens is 6. The molecule has 1 aromatic carbocycles. The van der Waals surface area contributed by atoms with Crippen LogP contribution < -0.4 is 11.3 Å². The van der Waals surface area contributed by atoms with Crippen molar-refractivity contribution >= 4 is 28.3 Å². The second-order valence-electron chi connectivity index (χ2n) is 6.44. The second-order valence-corrected chi connectivity index (χ2v) is 6.87. The Labute approximate surface area is 165 Å².